The van der Waals surface area contributed by atoms with Crippen LogP contribution in [0.3, 0.4) is 0 Å². The van der Waals surface area contributed by atoms with Crippen LogP contribution in [0.5, 0.6) is 0 Å². The van der Waals surface area contributed by atoms with Crippen LogP contribution in [0.15, 0.2) is 6.20 Å². The standard InChI is InChI=1S/C20H40N5O2P/c1-14(2)24(15(3)4)28(25(16(5)6)17(7)8)18-12-23(22-21-18)13-27-19(26)20(9,10)11/h12,14-17H,13H2,1-11H3. The number of hydrogen-bond donors (Lipinski definition) is 0. The molecule has 0 fully saturated rings. The van der Waals surface area contributed by atoms with Crippen LogP contribution < -0.4 is 5.44 Å². The minimum Gasteiger partial charge on any atom is -0.442 e. The molecule has 0 bridgehead atoms. The Balaban J connectivity index is 3.22. The molecule has 0 aliphatic rings. The van der Waals surface area contributed by atoms with Crippen molar-refractivity contribution in [2.75, 3.05) is 0 Å². The van der Waals surface area contributed by atoms with E-state index < -0.39 is 13.6 Å². The quantitative estimate of drug-likeness (QED) is 0.450. The van der Waals surface area contributed by atoms with Crippen molar-refractivity contribution >= 4 is 19.6 Å². The van der Waals surface area contributed by atoms with E-state index >= 15 is 0 Å². The summed E-state index contributed by atoms with van der Waals surface area (Å²) in [4.78, 5) is 12.1. The lowest BCUT2D eigenvalue weighted by atomic mass is 9.98. The highest BCUT2D eigenvalue weighted by Crippen LogP contribution is 2.48. The monoisotopic (exact) mass is 413 g/mol. The summed E-state index contributed by atoms with van der Waals surface area (Å²) >= 11 is 0. The molecule has 162 valence electrons. The van der Waals surface area contributed by atoms with Gasteiger partial charge in [0.25, 0.3) is 0 Å². The molecule has 0 saturated carbocycles. The van der Waals surface area contributed by atoms with Gasteiger partial charge in [-0.1, -0.05) is 5.21 Å². The summed E-state index contributed by atoms with van der Waals surface area (Å²) in [6.07, 6.45) is 1.93. The van der Waals surface area contributed by atoms with Gasteiger partial charge in [0.2, 0.25) is 0 Å². The summed E-state index contributed by atoms with van der Waals surface area (Å²) in [5.74, 6) is -0.246. The molecule has 0 spiro atoms. The predicted octanol–water partition coefficient (Wildman–Crippen LogP) is 4.00. The molecule has 0 unspecified atom stereocenters. The van der Waals surface area contributed by atoms with E-state index in [9.17, 15) is 4.79 Å². The molecule has 0 atom stereocenters. The van der Waals surface area contributed by atoms with E-state index in [4.69, 9.17) is 4.74 Å². The van der Waals surface area contributed by atoms with Crippen molar-refractivity contribution in [2.45, 2.75) is 107 Å². The lowest BCUT2D eigenvalue weighted by molar-refractivity contribution is -0.157. The number of ether oxygens (including phenoxy) is 1. The Morgan fingerprint density at radius 2 is 1.43 bits per heavy atom. The molecule has 0 aromatic carbocycles. The van der Waals surface area contributed by atoms with E-state index in [-0.39, 0.29) is 12.7 Å². The highest BCUT2D eigenvalue weighted by molar-refractivity contribution is 7.60. The Labute approximate surface area is 172 Å². The maximum Gasteiger partial charge on any atom is 0.313 e. The smallest absolute Gasteiger partial charge is 0.313 e. The molecule has 1 aromatic heterocycles. The Hall–Kier alpha value is -1.04. The van der Waals surface area contributed by atoms with Gasteiger partial charge in [-0.25, -0.2) is 4.68 Å². The summed E-state index contributed by atoms with van der Waals surface area (Å²) in [5.41, 5.74) is 0.403. The van der Waals surface area contributed by atoms with E-state index in [0.29, 0.717) is 24.2 Å². The summed E-state index contributed by atoms with van der Waals surface area (Å²) in [7, 11) is -0.836. The Kier molecular flexibility index (Phi) is 9.04. The normalized spacial score (nSPS) is 13.2. The number of esters is 1. The first-order valence-corrected chi connectivity index (χ1v) is 11.5. The number of carbonyl (C=O) groups excluding carboxylic acids is 1. The molecule has 0 amide bonds. The fourth-order valence-corrected chi connectivity index (χ4v) is 6.03. The lowest BCUT2D eigenvalue weighted by Gasteiger charge is -2.46. The average molecular weight is 414 g/mol. The first kappa shape index (κ1) is 25.0. The molecule has 1 aromatic rings. The Morgan fingerprint density at radius 3 is 1.79 bits per heavy atom. The highest BCUT2D eigenvalue weighted by Gasteiger charge is 2.36. The molecule has 1 heterocycles. The molecule has 8 heteroatoms. The number of carbonyl (C=O) groups is 1. The van der Waals surface area contributed by atoms with Crippen LogP contribution in [0.25, 0.3) is 0 Å². The van der Waals surface area contributed by atoms with Crippen LogP contribution >= 0.6 is 8.22 Å². The van der Waals surface area contributed by atoms with Gasteiger partial charge in [-0.05, 0) is 76.2 Å². The van der Waals surface area contributed by atoms with E-state index in [1.54, 1.807) is 4.68 Å². The minimum atomic E-state index is -0.836. The maximum absolute atomic E-state index is 12.1. The number of nitrogens with zero attached hydrogens (tertiary/aromatic N) is 5. The van der Waals surface area contributed by atoms with Crippen molar-refractivity contribution in [1.29, 1.82) is 0 Å². The molecular formula is C20H40N5O2P. The van der Waals surface area contributed by atoms with Crippen molar-refractivity contribution < 1.29 is 9.53 Å². The third kappa shape index (κ3) is 6.50. The lowest BCUT2D eigenvalue weighted by Crippen LogP contribution is -2.46. The second kappa shape index (κ2) is 10.1. The SMILES string of the molecule is CC(C)N(C(C)C)P(c1cn(COC(=O)C(C)(C)C)nn1)N(C(C)C)C(C)C. The molecule has 0 aliphatic heterocycles. The number of aromatic nitrogens is 3. The van der Waals surface area contributed by atoms with Crippen LogP contribution in [0, 0.1) is 5.41 Å². The topological polar surface area (TPSA) is 63.5 Å². The Morgan fingerprint density at radius 1 is 1.00 bits per heavy atom. The van der Waals surface area contributed by atoms with E-state index in [0.717, 1.165) is 5.44 Å². The van der Waals surface area contributed by atoms with Gasteiger partial charge in [-0.2, -0.15) is 0 Å². The van der Waals surface area contributed by atoms with Crippen molar-refractivity contribution in [3.05, 3.63) is 6.20 Å². The fraction of sp³-hybridized carbons (Fsp3) is 0.850. The van der Waals surface area contributed by atoms with Gasteiger partial charge in [-0.3, -0.25) is 14.1 Å². The first-order chi connectivity index (χ1) is 12.8. The predicted molar refractivity (Wildman–Crippen MR) is 116 cm³/mol. The fourth-order valence-electron chi connectivity index (χ4n) is 3.21. The number of rotatable bonds is 9. The van der Waals surface area contributed by atoms with Crippen LogP contribution in [-0.2, 0) is 16.3 Å². The summed E-state index contributed by atoms with van der Waals surface area (Å²) in [6.45, 7) is 23.4. The molecule has 0 N–H and O–H groups in total. The first-order valence-electron chi connectivity index (χ1n) is 10.2. The third-order valence-electron chi connectivity index (χ3n) is 4.23. The molecule has 1 rings (SSSR count). The molecule has 7 nitrogen and oxygen atoms in total. The summed E-state index contributed by atoms with van der Waals surface area (Å²) in [6, 6.07) is 1.48. The van der Waals surface area contributed by atoms with E-state index in [1.165, 1.54) is 0 Å². The van der Waals surface area contributed by atoms with Crippen molar-refractivity contribution in [3.63, 3.8) is 0 Å². The average Bonchev–Trinajstić information content (AvgIpc) is 2.97. The minimum absolute atomic E-state index is 0.0823. The number of hydrogen-bond acceptors (Lipinski definition) is 6. The van der Waals surface area contributed by atoms with Crippen LogP contribution in [0.1, 0.15) is 76.2 Å². The van der Waals surface area contributed by atoms with Gasteiger partial charge in [0, 0.05) is 24.2 Å². The molecule has 28 heavy (non-hydrogen) atoms. The summed E-state index contributed by atoms with van der Waals surface area (Å²) in [5, 5.41) is 8.74. The van der Waals surface area contributed by atoms with Gasteiger partial charge < -0.3 is 4.74 Å². The van der Waals surface area contributed by atoms with E-state index in [1.807, 2.05) is 27.0 Å². The van der Waals surface area contributed by atoms with Crippen LogP contribution in [0.4, 0.5) is 0 Å². The van der Waals surface area contributed by atoms with Gasteiger partial charge in [-0.15, -0.1) is 5.10 Å². The van der Waals surface area contributed by atoms with E-state index in [2.05, 4.69) is 75.0 Å². The zero-order valence-corrected chi connectivity index (χ0v) is 20.5. The van der Waals surface area contributed by atoms with Crippen LogP contribution in [0.2, 0.25) is 0 Å². The Bertz CT molecular complexity index is 586. The maximum atomic E-state index is 12.1. The van der Waals surface area contributed by atoms with Crippen molar-refractivity contribution in [1.82, 2.24) is 24.3 Å². The molecule has 0 aliphatic carbocycles. The van der Waals surface area contributed by atoms with Gasteiger partial charge in [0.1, 0.15) is 5.44 Å². The third-order valence-corrected chi connectivity index (χ3v) is 7.56. The largest absolute Gasteiger partial charge is 0.442 e. The second-order valence-electron chi connectivity index (χ2n) is 9.35. The molecular weight excluding hydrogens is 373 g/mol. The van der Waals surface area contributed by atoms with Gasteiger partial charge >= 0.3 is 5.97 Å². The van der Waals surface area contributed by atoms with Crippen molar-refractivity contribution in [3.8, 4) is 0 Å². The van der Waals surface area contributed by atoms with Gasteiger partial charge in [0.15, 0.2) is 6.73 Å². The van der Waals surface area contributed by atoms with Crippen LogP contribution in [-0.4, -0.2) is 54.5 Å². The molecule has 0 saturated heterocycles. The van der Waals surface area contributed by atoms with Crippen molar-refractivity contribution in [2.24, 2.45) is 5.41 Å². The zero-order chi connectivity index (χ0) is 21.8. The highest BCUT2D eigenvalue weighted by atomic mass is 31.1. The van der Waals surface area contributed by atoms with Gasteiger partial charge in [0.05, 0.1) is 19.8 Å². The second-order valence-corrected chi connectivity index (χ2v) is 11.3. The zero-order valence-electron chi connectivity index (χ0n) is 19.6. The molecule has 0 radical (unpaired) electrons. The summed E-state index contributed by atoms with van der Waals surface area (Å²) < 4.78 is 12.1.